The average Bonchev–Trinajstić information content (AvgIpc) is 2.50. The molecule has 1 aromatic rings. The molecule has 1 aromatic carbocycles. The molecule has 24 heavy (non-hydrogen) atoms. The van der Waals surface area contributed by atoms with Gasteiger partial charge in [-0.15, -0.1) is 0 Å². The number of aliphatic imine (C=N–C) groups is 1. The van der Waals surface area contributed by atoms with E-state index < -0.39 is 6.04 Å². The van der Waals surface area contributed by atoms with Crippen LogP contribution in [0, 0.1) is 6.92 Å². The molecule has 0 aliphatic carbocycles. The fourth-order valence-electron chi connectivity index (χ4n) is 1.92. The van der Waals surface area contributed by atoms with Crippen molar-refractivity contribution in [3.8, 4) is 0 Å². The number of carbonyl (C=O) groups excluding carboxylic acids is 1. The molecule has 0 aliphatic heterocycles. The van der Waals surface area contributed by atoms with Gasteiger partial charge in [0, 0.05) is 10.7 Å². The van der Waals surface area contributed by atoms with Gasteiger partial charge >= 0.3 is 0 Å². The van der Waals surface area contributed by atoms with Gasteiger partial charge in [0.25, 0.3) is 0 Å². The van der Waals surface area contributed by atoms with E-state index in [1.54, 1.807) is 19.1 Å². The Morgan fingerprint density at radius 3 is 2.62 bits per heavy atom. The van der Waals surface area contributed by atoms with Gasteiger partial charge < -0.3 is 5.73 Å². The molecule has 0 fully saturated rings. The number of amides is 1. The molecule has 4 nitrogen and oxygen atoms in total. The molecule has 0 bridgehead atoms. The molecule has 0 saturated carbocycles. The first-order chi connectivity index (χ1) is 11.3. The van der Waals surface area contributed by atoms with E-state index in [4.69, 9.17) is 17.3 Å². The minimum Gasteiger partial charge on any atom is -0.322 e. The van der Waals surface area contributed by atoms with Crippen LogP contribution >= 0.6 is 11.6 Å². The summed E-state index contributed by atoms with van der Waals surface area (Å²) in [6.45, 7) is 11.5. The normalized spacial score (nSPS) is 12.8. The largest absolute Gasteiger partial charge is 0.322 e. The summed E-state index contributed by atoms with van der Waals surface area (Å²) in [6.07, 6.45) is 6.16. The van der Waals surface area contributed by atoms with E-state index in [-0.39, 0.29) is 0 Å². The van der Waals surface area contributed by atoms with Crippen LogP contribution in [0.15, 0.2) is 59.3 Å². The summed E-state index contributed by atoms with van der Waals surface area (Å²) >= 11 is 6.13. The van der Waals surface area contributed by atoms with Gasteiger partial charge in [0.2, 0.25) is 6.41 Å². The Hall–Kier alpha value is -2.17. The number of carbonyl (C=O) groups is 1. The smallest absolute Gasteiger partial charge is 0.219 e. The van der Waals surface area contributed by atoms with Gasteiger partial charge in [-0.25, -0.2) is 4.99 Å². The highest BCUT2D eigenvalue weighted by molar-refractivity contribution is 6.31. The van der Waals surface area contributed by atoms with E-state index >= 15 is 0 Å². The third-order valence-corrected chi connectivity index (χ3v) is 3.67. The second-order valence-electron chi connectivity index (χ2n) is 5.71. The van der Waals surface area contributed by atoms with Crippen molar-refractivity contribution < 1.29 is 4.79 Å². The zero-order valence-electron chi connectivity index (χ0n) is 14.6. The van der Waals surface area contributed by atoms with Crippen LogP contribution in [-0.2, 0) is 4.79 Å². The first kappa shape index (κ1) is 19.9. The first-order valence-corrected chi connectivity index (χ1v) is 8.00. The lowest BCUT2D eigenvalue weighted by atomic mass is 10.2. The monoisotopic (exact) mass is 345 g/mol. The number of hydrogen-bond acceptors (Lipinski definition) is 3. The van der Waals surface area contributed by atoms with Gasteiger partial charge in [0.05, 0.1) is 11.7 Å². The van der Waals surface area contributed by atoms with Crippen LogP contribution in [-0.4, -0.2) is 23.2 Å². The number of halogens is 1. The van der Waals surface area contributed by atoms with Crippen molar-refractivity contribution in [1.29, 1.82) is 0 Å². The molecule has 1 atom stereocenters. The van der Waals surface area contributed by atoms with Crippen LogP contribution in [0.2, 0.25) is 5.02 Å². The summed E-state index contributed by atoms with van der Waals surface area (Å²) in [5.41, 5.74) is 9.15. The van der Waals surface area contributed by atoms with E-state index in [0.717, 1.165) is 11.1 Å². The van der Waals surface area contributed by atoms with Crippen LogP contribution in [0.25, 0.3) is 0 Å². The van der Waals surface area contributed by atoms with Gasteiger partial charge in [0.15, 0.2) is 0 Å². The van der Waals surface area contributed by atoms with Crippen molar-refractivity contribution in [1.82, 2.24) is 4.90 Å². The quantitative estimate of drug-likeness (QED) is 0.356. The lowest BCUT2D eigenvalue weighted by molar-refractivity contribution is -0.113. The summed E-state index contributed by atoms with van der Waals surface area (Å²) in [7, 11) is 0. The summed E-state index contributed by atoms with van der Waals surface area (Å²) in [5.74, 6) is 0.405. The minimum absolute atomic E-state index is 0.405. The summed E-state index contributed by atoms with van der Waals surface area (Å²) < 4.78 is 0. The van der Waals surface area contributed by atoms with E-state index in [2.05, 4.69) is 11.6 Å². The molecule has 0 unspecified atom stereocenters. The number of allylic oxidation sites excluding steroid dienone is 4. The fourth-order valence-corrected chi connectivity index (χ4v) is 2.09. The molecule has 0 radical (unpaired) electrons. The molecule has 0 spiro atoms. The maximum Gasteiger partial charge on any atom is 0.219 e. The van der Waals surface area contributed by atoms with Crippen LogP contribution in [0.1, 0.15) is 26.3 Å². The lowest BCUT2D eigenvalue weighted by Gasteiger charge is -2.23. The number of nitrogens with two attached hydrogens (primary N) is 1. The Labute approximate surface area is 149 Å². The Morgan fingerprint density at radius 2 is 2.08 bits per heavy atom. The molecular weight excluding hydrogens is 322 g/mol. The summed E-state index contributed by atoms with van der Waals surface area (Å²) in [4.78, 5) is 17.5. The van der Waals surface area contributed by atoms with Crippen molar-refractivity contribution in [2.24, 2.45) is 10.7 Å². The summed E-state index contributed by atoms with van der Waals surface area (Å²) in [6, 6.07) is 4.97. The molecule has 0 saturated heterocycles. The molecule has 1 rings (SSSR count). The zero-order chi connectivity index (χ0) is 18.3. The third-order valence-electron chi connectivity index (χ3n) is 3.26. The predicted octanol–water partition coefficient (Wildman–Crippen LogP) is 4.52. The molecule has 128 valence electrons. The Kier molecular flexibility index (Phi) is 7.62. The van der Waals surface area contributed by atoms with Crippen LogP contribution in [0.5, 0.6) is 0 Å². The topological polar surface area (TPSA) is 58.7 Å². The highest BCUT2D eigenvalue weighted by Gasteiger charge is 2.17. The van der Waals surface area contributed by atoms with Crippen molar-refractivity contribution in [3.63, 3.8) is 0 Å². The van der Waals surface area contributed by atoms with Crippen molar-refractivity contribution in [3.05, 3.63) is 64.9 Å². The predicted molar refractivity (Wildman–Crippen MR) is 103 cm³/mol. The van der Waals surface area contributed by atoms with Crippen molar-refractivity contribution in [2.45, 2.75) is 33.7 Å². The Bertz CT molecular complexity index is 699. The third kappa shape index (κ3) is 5.48. The van der Waals surface area contributed by atoms with Gasteiger partial charge in [0.1, 0.15) is 5.84 Å². The molecule has 0 aromatic heterocycles. The maximum atomic E-state index is 11.6. The highest BCUT2D eigenvalue weighted by atomic mass is 35.5. The SMILES string of the molecule is C=C(/C=C\C=C(C)C)N(C=O)/C(=N\c1cccc(Cl)c1C)[C@H](C)N. The van der Waals surface area contributed by atoms with E-state index in [9.17, 15) is 4.79 Å². The highest BCUT2D eigenvalue weighted by Crippen LogP contribution is 2.26. The van der Waals surface area contributed by atoms with Crippen molar-refractivity contribution in [2.75, 3.05) is 0 Å². The maximum absolute atomic E-state index is 11.6. The molecular formula is C19H24ClN3O. The van der Waals surface area contributed by atoms with Gasteiger partial charge in [-0.2, -0.15) is 0 Å². The fraction of sp³-hybridized carbons (Fsp3) is 0.263. The standard InChI is InChI=1S/C19H24ClN3O/c1-13(2)8-6-9-14(3)23(12-24)19(16(5)21)22-18-11-7-10-17(20)15(18)4/h6-12,16H,3,21H2,1-2,4-5H3/b9-6-,22-19-/t16-/m0/s1. The lowest BCUT2D eigenvalue weighted by Crippen LogP contribution is -2.40. The number of rotatable bonds is 6. The second kappa shape index (κ2) is 9.21. The molecule has 0 heterocycles. The summed E-state index contributed by atoms with van der Waals surface area (Å²) in [5, 5.41) is 0.611. The van der Waals surface area contributed by atoms with E-state index in [0.29, 0.717) is 28.7 Å². The van der Waals surface area contributed by atoms with Gasteiger partial charge in [-0.3, -0.25) is 9.69 Å². The van der Waals surface area contributed by atoms with Gasteiger partial charge in [-0.05, 0) is 51.5 Å². The molecule has 5 heteroatoms. The average molecular weight is 346 g/mol. The van der Waals surface area contributed by atoms with Crippen LogP contribution in [0.3, 0.4) is 0 Å². The number of hydrogen-bond donors (Lipinski definition) is 1. The van der Waals surface area contributed by atoms with Crippen LogP contribution in [0.4, 0.5) is 5.69 Å². The minimum atomic E-state index is -0.456. The van der Waals surface area contributed by atoms with E-state index in [1.807, 2.05) is 45.1 Å². The van der Waals surface area contributed by atoms with Crippen LogP contribution < -0.4 is 5.73 Å². The Morgan fingerprint density at radius 1 is 1.42 bits per heavy atom. The Balaban J connectivity index is 3.26. The number of nitrogens with zero attached hydrogens (tertiary/aromatic N) is 2. The van der Waals surface area contributed by atoms with E-state index in [1.165, 1.54) is 4.90 Å². The molecule has 2 N–H and O–H groups in total. The van der Waals surface area contributed by atoms with Gasteiger partial charge in [-0.1, -0.05) is 42.0 Å². The first-order valence-electron chi connectivity index (χ1n) is 7.62. The number of benzene rings is 1. The molecule has 0 aliphatic rings. The van der Waals surface area contributed by atoms with Crippen molar-refractivity contribution >= 4 is 29.5 Å². The number of amidine groups is 1. The zero-order valence-corrected chi connectivity index (χ0v) is 15.3. The molecule has 1 amide bonds. The second-order valence-corrected chi connectivity index (χ2v) is 6.12.